The molecule has 0 aromatic carbocycles. The van der Waals surface area contributed by atoms with E-state index in [0.717, 1.165) is 5.75 Å². The van der Waals surface area contributed by atoms with E-state index in [4.69, 9.17) is 4.74 Å². The highest BCUT2D eigenvalue weighted by Gasteiger charge is 2.65. The van der Waals surface area contributed by atoms with Crippen LogP contribution in [0, 0.1) is 12.8 Å². The van der Waals surface area contributed by atoms with E-state index < -0.39 is 0 Å². The number of aliphatic hydroxyl groups excluding tert-OH is 1. The highest BCUT2D eigenvalue weighted by Crippen LogP contribution is 2.59. The SMILES string of the molecule is CCCCCCSSC1C2C(n3cc(C)c(=O)[nH]c3=O)[C@@H]2O[C@@H]1CO. The number of unbranched alkanes of at least 4 members (excludes halogenated alkanes) is 3. The molecule has 1 aliphatic carbocycles. The summed E-state index contributed by atoms with van der Waals surface area (Å²) < 4.78 is 7.55. The number of hydrogen-bond donors (Lipinski definition) is 2. The molecule has 2 N–H and O–H groups in total. The fraction of sp³-hybridized carbons (Fsp3) is 0.765. The lowest BCUT2D eigenvalue weighted by molar-refractivity contribution is 0.0234. The van der Waals surface area contributed by atoms with Gasteiger partial charge in [-0.05, 0) is 13.3 Å². The third-order valence-electron chi connectivity index (χ3n) is 4.95. The van der Waals surface area contributed by atoms with Gasteiger partial charge < -0.3 is 9.84 Å². The zero-order valence-corrected chi connectivity index (χ0v) is 16.3. The summed E-state index contributed by atoms with van der Waals surface area (Å²) in [5, 5.41) is 9.75. The van der Waals surface area contributed by atoms with Crippen LogP contribution in [0.5, 0.6) is 0 Å². The smallest absolute Gasteiger partial charge is 0.328 e. The Morgan fingerprint density at radius 3 is 2.84 bits per heavy atom. The molecule has 3 rings (SSSR count). The van der Waals surface area contributed by atoms with Crippen molar-refractivity contribution in [3.05, 3.63) is 32.6 Å². The standard InChI is InChI=1S/C17H26N2O4S2/c1-3-4-5-6-7-24-25-15-11(9-20)23-14-12(15)13(14)19-8-10(2)16(21)18-17(19)22/h8,11-15,20H,3-7,9H2,1-2H3,(H,18,21,22)/t11-,12?,13?,14-,15?/m1/s1. The maximum Gasteiger partial charge on any atom is 0.328 e. The third-order valence-corrected chi connectivity index (χ3v) is 7.96. The van der Waals surface area contributed by atoms with Crippen molar-refractivity contribution >= 4 is 21.6 Å². The molecule has 1 aliphatic heterocycles. The van der Waals surface area contributed by atoms with Crippen molar-refractivity contribution in [2.75, 3.05) is 12.4 Å². The van der Waals surface area contributed by atoms with Crippen molar-refractivity contribution in [2.24, 2.45) is 5.92 Å². The highest BCUT2D eigenvalue weighted by atomic mass is 33.1. The summed E-state index contributed by atoms with van der Waals surface area (Å²) in [6.07, 6.45) is 6.39. The normalized spacial score (nSPS) is 30.4. The molecule has 0 spiro atoms. The first-order valence-electron chi connectivity index (χ1n) is 8.95. The Labute approximate surface area is 155 Å². The van der Waals surface area contributed by atoms with Crippen LogP contribution in [-0.4, -0.2) is 44.5 Å². The summed E-state index contributed by atoms with van der Waals surface area (Å²) in [5.41, 5.74) is -0.192. The van der Waals surface area contributed by atoms with Crippen LogP contribution in [0.2, 0.25) is 0 Å². The first-order valence-corrected chi connectivity index (χ1v) is 11.3. The largest absolute Gasteiger partial charge is 0.394 e. The third kappa shape index (κ3) is 4.02. The van der Waals surface area contributed by atoms with E-state index in [9.17, 15) is 14.7 Å². The van der Waals surface area contributed by atoms with Gasteiger partial charge in [-0.2, -0.15) is 0 Å². The zero-order chi connectivity index (χ0) is 18.0. The quantitative estimate of drug-likeness (QED) is 0.499. The topological polar surface area (TPSA) is 84.3 Å². The minimum absolute atomic E-state index is 0.00727. The average molecular weight is 387 g/mol. The second-order valence-electron chi connectivity index (χ2n) is 6.81. The number of nitrogens with zero attached hydrogens (tertiary/aromatic N) is 1. The van der Waals surface area contributed by atoms with Crippen LogP contribution in [0.25, 0.3) is 0 Å². The molecule has 2 heterocycles. The summed E-state index contributed by atoms with van der Waals surface area (Å²) in [6.45, 7) is 3.91. The van der Waals surface area contributed by atoms with Gasteiger partial charge in [-0.3, -0.25) is 14.3 Å². The van der Waals surface area contributed by atoms with Gasteiger partial charge in [0.1, 0.15) is 0 Å². The van der Waals surface area contributed by atoms with E-state index in [1.807, 2.05) is 10.8 Å². The van der Waals surface area contributed by atoms with Crippen molar-refractivity contribution in [3.8, 4) is 0 Å². The van der Waals surface area contributed by atoms with Gasteiger partial charge in [0, 0.05) is 23.4 Å². The second-order valence-corrected chi connectivity index (χ2v) is 9.48. The molecule has 0 amide bonds. The molecule has 1 aromatic heterocycles. The maximum atomic E-state index is 12.1. The van der Waals surface area contributed by atoms with Gasteiger partial charge in [-0.25, -0.2) is 4.79 Å². The predicted molar refractivity (Wildman–Crippen MR) is 102 cm³/mol. The van der Waals surface area contributed by atoms with Gasteiger partial charge in [-0.15, -0.1) is 0 Å². The van der Waals surface area contributed by atoms with Crippen LogP contribution in [-0.2, 0) is 4.74 Å². The van der Waals surface area contributed by atoms with Gasteiger partial charge in [-0.1, -0.05) is 47.8 Å². The van der Waals surface area contributed by atoms with Gasteiger partial charge >= 0.3 is 5.69 Å². The lowest BCUT2D eigenvalue weighted by Gasteiger charge is -2.21. The van der Waals surface area contributed by atoms with E-state index in [1.165, 1.54) is 25.7 Å². The van der Waals surface area contributed by atoms with E-state index in [1.54, 1.807) is 28.5 Å². The number of aromatic amines is 1. The predicted octanol–water partition coefficient (Wildman–Crippen LogP) is 2.11. The second kappa shape index (κ2) is 8.33. The zero-order valence-electron chi connectivity index (χ0n) is 14.6. The highest BCUT2D eigenvalue weighted by molar-refractivity contribution is 8.77. The number of aromatic nitrogens is 2. The molecule has 5 atom stereocenters. The molecule has 2 fully saturated rings. The monoisotopic (exact) mass is 386 g/mol. The number of rotatable bonds is 9. The number of ether oxygens (including phenoxy) is 1. The van der Waals surface area contributed by atoms with Gasteiger partial charge in [0.2, 0.25) is 0 Å². The Morgan fingerprint density at radius 2 is 2.12 bits per heavy atom. The fourth-order valence-electron chi connectivity index (χ4n) is 3.51. The molecule has 6 nitrogen and oxygen atoms in total. The molecule has 1 saturated carbocycles. The minimum Gasteiger partial charge on any atom is -0.394 e. The minimum atomic E-state index is -0.380. The van der Waals surface area contributed by atoms with Crippen molar-refractivity contribution in [1.29, 1.82) is 0 Å². The van der Waals surface area contributed by atoms with Gasteiger partial charge in [0.15, 0.2) is 0 Å². The molecule has 0 bridgehead atoms. The molecule has 25 heavy (non-hydrogen) atoms. The molecular formula is C17H26N2O4S2. The summed E-state index contributed by atoms with van der Waals surface area (Å²) in [4.78, 5) is 26.0. The first-order chi connectivity index (χ1) is 12.1. The fourth-order valence-corrected chi connectivity index (χ4v) is 6.67. The van der Waals surface area contributed by atoms with Crippen molar-refractivity contribution in [1.82, 2.24) is 9.55 Å². The van der Waals surface area contributed by atoms with E-state index >= 15 is 0 Å². The molecule has 8 heteroatoms. The number of aryl methyl sites for hydroxylation is 1. The number of nitrogens with one attached hydrogen (secondary N) is 1. The molecular weight excluding hydrogens is 360 g/mol. The molecule has 1 saturated heterocycles. The maximum absolute atomic E-state index is 12.1. The van der Waals surface area contributed by atoms with Crippen LogP contribution in [0.1, 0.15) is 44.2 Å². The van der Waals surface area contributed by atoms with Gasteiger partial charge in [0.25, 0.3) is 5.56 Å². The van der Waals surface area contributed by atoms with Gasteiger partial charge in [0.05, 0.1) is 30.1 Å². The van der Waals surface area contributed by atoms with E-state index in [0.29, 0.717) is 5.56 Å². The van der Waals surface area contributed by atoms with Crippen LogP contribution in [0.4, 0.5) is 0 Å². The van der Waals surface area contributed by atoms with Crippen molar-refractivity contribution in [2.45, 2.75) is 63.0 Å². The van der Waals surface area contributed by atoms with Crippen LogP contribution in [0.3, 0.4) is 0 Å². The molecule has 3 unspecified atom stereocenters. The Morgan fingerprint density at radius 1 is 1.32 bits per heavy atom. The molecule has 2 aliphatic rings. The lowest BCUT2D eigenvalue weighted by Crippen LogP contribution is -2.34. The number of fused-ring (bicyclic) bond motifs is 1. The van der Waals surface area contributed by atoms with Crippen LogP contribution >= 0.6 is 21.6 Å². The molecule has 1 aromatic rings. The average Bonchev–Trinajstić information content (AvgIpc) is 3.17. The lowest BCUT2D eigenvalue weighted by atomic mass is 10.2. The summed E-state index contributed by atoms with van der Waals surface area (Å²) >= 11 is 0. The van der Waals surface area contributed by atoms with E-state index in [2.05, 4.69) is 11.9 Å². The number of H-pyrrole nitrogens is 1. The Balaban J connectivity index is 1.61. The van der Waals surface area contributed by atoms with Crippen LogP contribution < -0.4 is 11.2 Å². The van der Waals surface area contributed by atoms with E-state index in [-0.39, 0.29) is 47.3 Å². The van der Waals surface area contributed by atoms with Crippen LogP contribution in [0.15, 0.2) is 15.8 Å². The van der Waals surface area contributed by atoms with Crippen molar-refractivity contribution < 1.29 is 9.84 Å². The first kappa shape index (κ1) is 19.1. The summed E-state index contributed by atoms with van der Waals surface area (Å²) in [7, 11) is 3.62. The molecule has 140 valence electrons. The summed E-state index contributed by atoms with van der Waals surface area (Å²) in [5.74, 6) is 1.31. The number of aliphatic hydroxyl groups is 1. The number of hydrogen-bond acceptors (Lipinski definition) is 6. The summed E-state index contributed by atoms with van der Waals surface area (Å²) in [6, 6.07) is -0.0379. The molecule has 0 radical (unpaired) electrons. The Kier molecular flexibility index (Phi) is 6.35. The Hall–Kier alpha value is -0.700. The van der Waals surface area contributed by atoms with Crippen molar-refractivity contribution in [3.63, 3.8) is 0 Å². The Bertz CT molecular complexity index is 705.